The molecular formula is C8H13N3S. The largest absolute Gasteiger partial charge is 0.383 e. The van der Waals surface area contributed by atoms with Crippen LogP contribution < -0.4 is 10.6 Å². The molecule has 0 amide bonds. The second-order valence-corrected chi connectivity index (χ2v) is 4.21. The van der Waals surface area contributed by atoms with Gasteiger partial charge in [-0.05, 0) is 23.9 Å². The van der Waals surface area contributed by atoms with Crippen LogP contribution >= 0.6 is 11.5 Å². The molecular weight excluding hydrogens is 170 g/mol. The van der Waals surface area contributed by atoms with Gasteiger partial charge in [-0.1, -0.05) is 6.92 Å². The van der Waals surface area contributed by atoms with Gasteiger partial charge in [0.05, 0.1) is 0 Å². The van der Waals surface area contributed by atoms with Gasteiger partial charge in [-0.25, -0.2) is 0 Å². The normalized spacial score (nSPS) is 23.4. The molecule has 12 heavy (non-hydrogen) atoms. The molecule has 0 aliphatic carbocycles. The van der Waals surface area contributed by atoms with Crippen molar-refractivity contribution in [3.05, 3.63) is 6.07 Å². The van der Waals surface area contributed by atoms with Crippen LogP contribution in [0, 0.1) is 5.92 Å². The van der Waals surface area contributed by atoms with Crippen LogP contribution in [0.1, 0.15) is 13.3 Å². The van der Waals surface area contributed by atoms with Crippen molar-refractivity contribution in [3.8, 4) is 0 Å². The van der Waals surface area contributed by atoms with Crippen LogP contribution in [0.4, 0.5) is 10.8 Å². The van der Waals surface area contributed by atoms with Gasteiger partial charge < -0.3 is 10.6 Å². The standard InChI is InChI=1S/C8H13N3S/c1-6-2-3-11(5-6)8-4-7(9)10-12-8/h4,6H,2-3,5H2,1H3,(H2,9,10). The number of nitrogens with zero attached hydrogens (tertiary/aromatic N) is 2. The third-order valence-corrected chi connectivity index (χ3v) is 3.12. The van der Waals surface area contributed by atoms with Gasteiger partial charge in [0, 0.05) is 19.2 Å². The van der Waals surface area contributed by atoms with Crippen LogP contribution in [0.5, 0.6) is 0 Å². The van der Waals surface area contributed by atoms with Gasteiger partial charge in [0.1, 0.15) is 10.8 Å². The summed E-state index contributed by atoms with van der Waals surface area (Å²) in [5.41, 5.74) is 5.55. The number of rotatable bonds is 1. The number of hydrogen-bond donors (Lipinski definition) is 1. The van der Waals surface area contributed by atoms with E-state index < -0.39 is 0 Å². The van der Waals surface area contributed by atoms with E-state index in [9.17, 15) is 0 Å². The molecule has 1 unspecified atom stereocenters. The molecule has 2 heterocycles. The molecule has 1 aliphatic rings. The molecule has 3 nitrogen and oxygen atoms in total. The highest BCUT2D eigenvalue weighted by atomic mass is 32.1. The predicted molar refractivity (Wildman–Crippen MR) is 52.5 cm³/mol. The van der Waals surface area contributed by atoms with E-state index >= 15 is 0 Å². The lowest BCUT2D eigenvalue weighted by molar-refractivity contribution is 0.660. The molecule has 1 atom stereocenters. The van der Waals surface area contributed by atoms with Crippen molar-refractivity contribution in [3.63, 3.8) is 0 Å². The molecule has 1 aliphatic heterocycles. The molecule has 2 rings (SSSR count). The summed E-state index contributed by atoms with van der Waals surface area (Å²) in [4.78, 5) is 2.36. The molecule has 2 N–H and O–H groups in total. The van der Waals surface area contributed by atoms with Gasteiger partial charge in [-0.2, -0.15) is 4.37 Å². The zero-order valence-electron chi connectivity index (χ0n) is 7.16. The third-order valence-electron chi connectivity index (χ3n) is 2.25. The topological polar surface area (TPSA) is 42.1 Å². The predicted octanol–water partition coefficient (Wildman–Crippen LogP) is 1.57. The molecule has 0 saturated carbocycles. The summed E-state index contributed by atoms with van der Waals surface area (Å²) < 4.78 is 4.06. The molecule has 1 aromatic rings. The minimum Gasteiger partial charge on any atom is -0.383 e. The van der Waals surface area contributed by atoms with E-state index in [-0.39, 0.29) is 0 Å². The van der Waals surface area contributed by atoms with Crippen molar-refractivity contribution in [2.45, 2.75) is 13.3 Å². The van der Waals surface area contributed by atoms with Gasteiger partial charge >= 0.3 is 0 Å². The summed E-state index contributed by atoms with van der Waals surface area (Å²) >= 11 is 1.50. The second kappa shape index (κ2) is 2.94. The van der Waals surface area contributed by atoms with Gasteiger partial charge in [-0.15, -0.1) is 0 Å². The van der Waals surface area contributed by atoms with Crippen LogP contribution in [0.2, 0.25) is 0 Å². The van der Waals surface area contributed by atoms with E-state index in [0.717, 1.165) is 19.0 Å². The molecule has 1 saturated heterocycles. The average molecular weight is 183 g/mol. The molecule has 0 aromatic carbocycles. The fourth-order valence-corrected chi connectivity index (χ4v) is 2.27. The van der Waals surface area contributed by atoms with Crippen molar-refractivity contribution in [1.82, 2.24) is 4.37 Å². The van der Waals surface area contributed by atoms with E-state index in [0.29, 0.717) is 5.82 Å². The van der Waals surface area contributed by atoms with Crippen LogP contribution in [-0.2, 0) is 0 Å². The lowest BCUT2D eigenvalue weighted by atomic mass is 10.2. The molecule has 66 valence electrons. The van der Waals surface area contributed by atoms with E-state index in [1.54, 1.807) is 0 Å². The number of nitrogen functional groups attached to an aromatic ring is 1. The molecule has 1 fully saturated rings. The maximum Gasteiger partial charge on any atom is 0.139 e. The Balaban J connectivity index is 2.11. The molecule has 0 spiro atoms. The molecule has 4 heteroatoms. The first-order valence-corrected chi connectivity index (χ1v) is 5.00. The van der Waals surface area contributed by atoms with Crippen LogP contribution in [-0.4, -0.2) is 17.5 Å². The summed E-state index contributed by atoms with van der Waals surface area (Å²) in [6.45, 7) is 4.59. The zero-order chi connectivity index (χ0) is 8.55. The molecule has 1 aromatic heterocycles. The number of aromatic nitrogens is 1. The van der Waals surface area contributed by atoms with Crippen molar-refractivity contribution >= 4 is 22.4 Å². The van der Waals surface area contributed by atoms with Gasteiger partial charge in [0.2, 0.25) is 0 Å². The highest BCUT2D eigenvalue weighted by Crippen LogP contribution is 2.28. The Bertz CT molecular complexity index is 271. The summed E-state index contributed by atoms with van der Waals surface area (Å²) in [5, 5.41) is 1.22. The van der Waals surface area contributed by atoms with Crippen LogP contribution in [0.3, 0.4) is 0 Å². The Morgan fingerprint density at radius 2 is 2.58 bits per heavy atom. The minimum absolute atomic E-state index is 0.648. The minimum atomic E-state index is 0.648. The lowest BCUT2D eigenvalue weighted by Gasteiger charge is -2.13. The number of hydrogen-bond acceptors (Lipinski definition) is 4. The maximum atomic E-state index is 5.55. The number of anilines is 2. The van der Waals surface area contributed by atoms with Crippen LogP contribution in [0.15, 0.2) is 6.07 Å². The Kier molecular flexibility index (Phi) is 1.92. The highest BCUT2D eigenvalue weighted by molar-refractivity contribution is 7.10. The lowest BCUT2D eigenvalue weighted by Crippen LogP contribution is -2.17. The van der Waals surface area contributed by atoms with Gasteiger partial charge in [-0.3, -0.25) is 0 Å². The second-order valence-electron chi connectivity index (χ2n) is 3.43. The van der Waals surface area contributed by atoms with Gasteiger partial charge in [0.15, 0.2) is 0 Å². The van der Waals surface area contributed by atoms with Crippen molar-refractivity contribution in [2.24, 2.45) is 5.92 Å². The Hall–Kier alpha value is -0.770. The smallest absolute Gasteiger partial charge is 0.139 e. The molecule has 0 radical (unpaired) electrons. The quantitative estimate of drug-likeness (QED) is 0.718. The summed E-state index contributed by atoms with van der Waals surface area (Å²) in [6.07, 6.45) is 1.29. The maximum absolute atomic E-state index is 5.55. The summed E-state index contributed by atoms with van der Waals surface area (Å²) in [6, 6.07) is 1.96. The van der Waals surface area contributed by atoms with E-state index in [1.807, 2.05) is 6.07 Å². The van der Waals surface area contributed by atoms with E-state index in [2.05, 4.69) is 16.2 Å². The third kappa shape index (κ3) is 1.39. The van der Waals surface area contributed by atoms with Gasteiger partial charge in [0.25, 0.3) is 0 Å². The van der Waals surface area contributed by atoms with Crippen molar-refractivity contribution in [2.75, 3.05) is 23.7 Å². The molecule has 0 bridgehead atoms. The summed E-state index contributed by atoms with van der Waals surface area (Å²) in [5.74, 6) is 1.46. The Morgan fingerprint density at radius 3 is 3.08 bits per heavy atom. The fraction of sp³-hybridized carbons (Fsp3) is 0.625. The number of nitrogens with two attached hydrogens (primary N) is 1. The average Bonchev–Trinajstić information content (AvgIpc) is 2.58. The van der Waals surface area contributed by atoms with Crippen LogP contribution in [0.25, 0.3) is 0 Å². The zero-order valence-corrected chi connectivity index (χ0v) is 7.97. The fourth-order valence-electron chi connectivity index (χ4n) is 1.56. The van der Waals surface area contributed by atoms with Crippen molar-refractivity contribution in [1.29, 1.82) is 0 Å². The first kappa shape index (κ1) is 7.86. The monoisotopic (exact) mass is 183 g/mol. The highest BCUT2D eigenvalue weighted by Gasteiger charge is 2.20. The Labute approximate surface area is 76.4 Å². The summed E-state index contributed by atoms with van der Waals surface area (Å²) in [7, 11) is 0. The van der Waals surface area contributed by atoms with E-state index in [1.165, 1.54) is 23.0 Å². The van der Waals surface area contributed by atoms with Crippen molar-refractivity contribution < 1.29 is 0 Å². The first-order chi connectivity index (χ1) is 5.75. The van der Waals surface area contributed by atoms with E-state index in [4.69, 9.17) is 5.73 Å². The first-order valence-electron chi connectivity index (χ1n) is 4.23. The Morgan fingerprint density at radius 1 is 1.75 bits per heavy atom. The SMILES string of the molecule is CC1CCN(c2cc(N)ns2)C1.